The monoisotopic (exact) mass is 236 g/mol. The Balaban J connectivity index is 1.86. The molecular formula is C12H16N2O3. The lowest BCUT2D eigenvalue weighted by Crippen LogP contribution is -2.33. The van der Waals surface area contributed by atoms with Crippen LogP contribution in [0.5, 0.6) is 5.88 Å². The van der Waals surface area contributed by atoms with E-state index in [0.717, 1.165) is 18.4 Å². The van der Waals surface area contributed by atoms with Crippen LogP contribution >= 0.6 is 0 Å². The molecule has 0 saturated carbocycles. The first-order valence-electron chi connectivity index (χ1n) is 5.68. The SMILES string of the molecule is COc1cc(CNC(=O)C2CCCO2)ccn1. The molecule has 0 aliphatic carbocycles. The lowest BCUT2D eigenvalue weighted by molar-refractivity contribution is -0.130. The summed E-state index contributed by atoms with van der Waals surface area (Å²) in [4.78, 5) is 15.7. The van der Waals surface area contributed by atoms with Gasteiger partial charge in [-0.2, -0.15) is 0 Å². The molecular weight excluding hydrogens is 220 g/mol. The van der Waals surface area contributed by atoms with Crippen LogP contribution in [0.1, 0.15) is 18.4 Å². The van der Waals surface area contributed by atoms with Gasteiger partial charge in [0.25, 0.3) is 0 Å². The molecule has 1 aromatic rings. The third-order valence-electron chi connectivity index (χ3n) is 2.70. The average Bonchev–Trinajstić information content (AvgIpc) is 2.90. The second-order valence-corrected chi connectivity index (χ2v) is 3.93. The van der Waals surface area contributed by atoms with E-state index in [1.54, 1.807) is 19.4 Å². The van der Waals surface area contributed by atoms with E-state index < -0.39 is 0 Å². The van der Waals surface area contributed by atoms with Crippen molar-refractivity contribution >= 4 is 5.91 Å². The molecule has 5 heteroatoms. The summed E-state index contributed by atoms with van der Waals surface area (Å²) < 4.78 is 10.3. The predicted molar refractivity (Wildman–Crippen MR) is 61.6 cm³/mol. The average molecular weight is 236 g/mol. The minimum absolute atomic E-state index is 0.0433. The molecule has 1 aromatic heterocycles. The molecule has 1 unspecified atom stereocenters. The van der Waals surface area contributed by atoms with Crippen molar-refractivity contribution in [3.63, 3.8) is 0 Å². The summed E-state index contributed by atoms with van der Waals surface area (Å²) in [7, 11) is 1.57. The lowest BCUT2D eigenvalue weighted by Gasteiger charge is -2.10. The zero-order chi connectivity index (χ0) is 12.1. The molecule has 1 aliphatic rings. The number of nitrogens with zero attached hydrogens (tertiary/aromatic N) is 1. The van der Waals surface area contributed by atoms with Crippen LogP contribution in [-0.4, -0.2) is 30.7 Å². The van der Waals surface area contributed by atoms with Gasteiger partial charge in [0.05, 0.1) is 7.11 Å². The first-order chi connectivity index (χ1) is 8.29. The number of hydrogen-bond donors (Lipinski definition) is 1. The Hall–Kier alpha value is -1.62. The number of aromatic nitrogens is 1. The highest BCUT2D eigenvalue weighted by molar-refractivity contribution is 5.80. The molecule has 0 radical (unpaired) electrons. The van der Waals surface area contributed by atoms with Crippen molar-refractivity contribution < 1.29 is 14.3 Å². The van der Waals surface area contributed by atoms with Crippen molar-refractivity contribution in [2.75, 3.05) is 13.7 Å². The van der Waals surface area contributed by atoms with E-state index in [1.807, 2.05) is 6.07 Å². The fraction of sp³-hybridized carbons (Fsp3) is 0.500. The molecule has 0 spiro atoms. The minimum atomic E-state index is -0.279. The lowest BCUT2D eigenvalue weighted by atomic mass is 10.2. The molecule has 1 atom stereocenters. The van der Waals surface area contributed by atoms with Gasteiger partial charge in [-0.3, -0.25) is 4.79 Å². The quantitative estimate of drug-likeness (QED) is 0.843. The summed E-state index contributed by atoms with van der Waals surface area (Å²) in [6, 6.07) is 3.65. The largest absolute Gasteiger partial charge is 0.481 e. The van der Waals surface area contributed by atoms with Gasteiger partial charge >= 0.3 is 0 Å². The number of amides is 1. The van der Waals surface area contributed by atoms with E-state index in [4.69, 9.17) is 9.47 Å². The van der Waals surface area contributed by atoms with Crippen LogP contribution in [0, 0.1) is 0 Å². The molecule has 92 valence electrons. The maximum absolute atomic E-state index is 11.7. The Bertz CT molecular complexity index is 389. The molecule has 0 aromatic carbocycles. The van der Waals surface area contributed by atoms with E-state index in [1.165, 1.54) is 0 Å². The van der Waals surface area contributed by atoms with E-state index >= 15 is 0 Å². The Morgan fingerprint density at radius 1 is 1.71 bits per heavy atom. The van der Waals surface area contributed by atoms with Gasteiger partial charge in [0.2, 0.25) is 11.8 Å². The van der Waals surface area contributed by atoms with Gasteiger partial charge in [-0.1, -0.05) is 0 Å². The summed E-state index contributed by atoms with van der Waals surface area (Å²) in [5, 5.41) is 2.84. The van der Waals surface area contributed by atoms with Crippen molar-refractivity contribution in [3.8, 4) is 5.88 Å². The molecule has 1 amide bonds. The van der Waals surface area contributed by atoms with Crippen LogP contribution in [0.2, 0.25) is 0 Å². The molecule has 17 heavy (non-hydrogen) atoms. The van der Waals surface area contributed by atoms with Gasteiger partial charge in [-0.05, 0) is 24.5 Å². The Morgan fingerprint density at radius 3 is 3.29 bits per heavy atom. The molecule has 5 nitrogen and oxygen atoms in total. The van der Waals surface area contributed by atoms with Crippen molar-refractivity contribution in [1.29, 1.82) is 0 Å². The summed E-state index contributed by atoms with van der Waals surface area (Å²) in [5.41, 5.74) is 0.961. The van der Waals surface area contributed by atoms with Crippen LogP contribution in [0.4, 0.5) is 0 Å². The van der Waals surface area contributed by atoms with Crippen molar-refractivity contribution in [3.05, 3.63) is 23.9 Å². The van der Waals surface area contributed by atoms with E-state index in [2.05, 4.69) is 10.3 Å². The molecule has 1 aliphatic heterocycles. The smallest absolute Gasteiger partial charge is 0.249 e. The van der Waals surface area contributed by atoms with Crippen LogP contribution in [0.15, 0.2) is 18.3 Å². The van der Waals surface area contributed by atoms with Crippen LogP contribution in [-0.2, 0) is 16.1 Å². The fourth-order valence-electron chi connectivity index (χ4n) is 1.76. The molecule has 1 fully saturated rings. The third-order valence-corrected chi connectivity index (χ3v) is 2.70. The van der Waals surface area contributed by atoms with Gasteiger partial charge in [0.1, 0.15) is 6.10 Å². The highest BCUT2D eigenvalue weighted by Crippen LogP contribution is 2.12. The number of nitrogens with one attached hydrogen (secondary N) is 1. The first-order valence-corrected chi connectivity index (χ1v) is 5.68. The van der Waals surface area contributed by atoms with E-state index in [-0.39, 0.29) is 12.0 Å². The molecule has 1 N–H and O–H groups in total. The molecule has 1 saturated heterocycles. The maximum Gasteiger partial charge on any atom is 0.249 e. The number of pyridine rings is 1. The second-order valence-electron chi connectivity index (χ2n) is 3.93. The standard InChI is InChI=1S/C12H16N2O3/c1-16-11-7-9(4-5-13-11)8-14-12(15)10-3-2-6-17-10/h4-5,7,10H,2-3,6,8H2,1H3,(H,14,15). The highest BCUT2D eigenvalue weighted by Gasteiger charge is 2.22. The fourth-order valence-corrected chi connectivity index (χ4v) is 1.76. The summed E-state index contributed by atoms with van der Waals surface area (Å²) in [6.07, 6.45) is 3.15. The van der Waals surface area contributed by atoms with Gasteiger partial charge in [-0.25, -0.2) is 4.98 Å². The summed E-state index contributed by atoms with van der Waals surface area (Å²) in [5.74, 6) is 0.507. The Morgan fingerprint density at radius 2 is 2.59 bits per heavy atom. The van der Waals surface area contributed by atoms with Crippen molar-refractivity contribution in [2.45, 2.75) is 25.5 Å². The normalized spacial score (nSPS) is 19.0. The number of rotatable bonds is 4. The summed E-state index contributed by atoms with van der Waals surface area (Å²) >= 11 is 0. The Kier molecular flexibility index (Phi) is 3.93. The third kappa shape index (κ3) is 3.17. The molecule has 2 heterocycles. The number of ether oxygens (including phenoxy) is 2. The first kappa shape index (κ1) is 11.9. The number of carbonyl (C=O) groups excluding carboxylic acids is 1. The maximum atomic E-state index is 11.7. The van der Waals surface area contributed by atoms with Gasteiger partial charge in [0.15, 0.2) is 0 Å². The van der Waals surface area contributed by atoms with E-state index in [0.29, 0.717) is 19.0 Å². The van der Waals surface area contributed by atoms with Gasteiger partial charge in [-0.15, -0.1) is 0 Å². The second kappa shape index (κ2) is 5.63. The van der Waals surface area contributed by atoms with Crippen molar-refractivity contribution in [2.24, 2.45) is 0 Å². The Labute approximate surface area is 100 Å². The van der Waals surface area contributed by atoms with Gasteiger partial charge < -0.3 is 14.8 Å². The van der Waals surface area contributed by atoms with E-state index in [9.17, 15) is 4.79 Å². The highest BCUT2D eigenvalue weighted by atomic mass is 16.5. The zero-order valence-electron chi connectivity index (χ0n) is 9.81. The topological polar surface area (TPSA) is 60.5 Å². The van der Waals surface area contributed by atoms with Crippen LogP contribution in [0.25, 0.3) is 0 Å². The van der Waals surface area contributed by atoms with Crippen molar-refractivity contribution in [1.82, 2.24) is 10.3 Å². The van der Waals surface area contributed by atoms with Crippen LogP contribution in [0.3, 0.4) is 0 Å². The summed E-state index contributed by atoms with van der Waals surface area (Å²) in [6.45, 7) is 1.15. The van der Waals surface area contributed by atoms with Gasteiger partial charge in [0, 0.05) is 25.4 Å². The van der Waals surface area contributed by atoms with Crippen LogP contribution < -0.4 is 10.1 Å². The zero-order valence-corrected chi connectivity index (χ0v) is 9.81. The molecule has 0 bridgehead atoms. The predicted octanol–water partition coefficient (Wildman–Crippen LogP) is 0.885. The minimum Gasteiger partial charge on any atom is -0.481 e. The number of hydrogen-bond acceptors (Lipinski definition) is 4. The number of carbonyl (C=O) groups is 1. The number of methoxy groups -OCH3 is 1. The molecule has 2 rings (SSSR count).